The lowest BCUT2D eigenvalue weighted by Crippen LogP contribution is -2.56. The fraction of sp³-hybridized carbons (Fsp3) is 0.440. The fourth-order valence-electron chi connectivity index (χ4n) is 5.86. The number of pyridine rings is 1. The molecule has 1 aliphatic carbocycles. The molecule has 0 radical (unpaired) electrons. The maximum absolute atomic E-state index is 13.5. The van der Waals surface area contributed by atoms with E-state index >= 15 is 0 Å². The molecule has 2 bridgehead atoms. The number of likely N-dealkylation sites (tertiary alicyclic amines) is 1. The van der Waals surface area contributed by atoms with E-state index in [9.17, 15) is 26.4 Å². The molecule has 8 nitrogen and oxygen atoms in total. The van der Waals surface area contributed by atoms with E-state index < -0.39 is 40.6 Å². The predicted molar refractivity (Wildman–Crippen MR) is 135 cm³/mol. The van der Waals surface area contributed by atoms with Crippen molar-refractivity contribution in [2.75, 3.05) is 25.0 Å². The number of anilines is 1. The number of fused-ring (bicyclic) bond motifs is 3. The third kappa shape index (κ3) is 4.13. The molecular formula is C25H25ClF3N5O3S. The monoisotopic (exact) mass is 567 g/mol. The van der Waals surface area contributed by atoms with Crippen molar-refractivity contribution < 1.29 is 26.4 Å². The number of hydrogen-bond acceptors (Lipinski definition) is 5. The minimum Gasteiger partial charge on any atom is -0.348 e. The Morgan fingerprint density at radius 2 is 1.82 bits per heavy atom. The fourth-order valence-corrected chi connectivity index (χ4v) is 7.51. The first-order valence-corrected chi connectivity index (χ1v) is 14.1. The van der Waals surface area contributed by atoms with E-state index in [4.69, 9.17) is 11.6 Å². The second-order valence-corrected chi connectivity index (χ2v) is 12.7. The van der Waals surface area contributed by atoms with Crippen LogP contribution in [0.15, 0.2) is 47.8 Å². The molecule has 202 valence electrons. The molecule has 2 saturated heterocycles. The van der Waals surface area contributed by atoms with Crippen LogP contribution in [0.25, 0.3) is 5.52 Å². The molecule has 6 rings (SSSR count). The number of piperazine rings is 1. The highest BCUT2D eigenvalue weighted by molar-refractivity contribution is 7.89. The minimum atomic E-state index is -4.04. The lowest BCUT2D eigenvalue weighted by molar-refractivity contribution is -0.106. The lowest BCUT2D eigenvalue weighted by atomic mass is 9.88. The molecule has 0 N–H and O–H groups in total. The van der Waals surface area contributed by atoms with Gasteiger partial charge in [-0.2, -0.15) is 4.31 Å². The molecule has 1 aromatic carbocycles. The van der Waals surface area contributed by atoms with Gasteiger partial charge in [-0.25, -0.2) is 26.6 Å². The van der Waals surface area contributed by atoms with Gasteiger partial charge in [0.15, 0.2) is 0 Å². The number of halogens is 4. The SMILES string of the molecule is CN(C1CC(F)(F)C1)S(=O)(=O)c1cc(N2[C@@H]3CC[C@H]2CN(C(=O)c2ccc(F)cc2Cl)C3)n2cncc2c1. The average Bonchev–Trinajstić information content (AvgIpc) is 3.42. The standard InChI is InChI=1S/C25H25ClF3N5O3S/c1-31(19-9-25(28,29)10-19)38(36,37)20-7-18-11-30-14-33(18)23(8-20)34-16-3-4-17(34)13-32(12-16)24(35)21-5-2-15(27)6-22(21)26/h2,5-8,11,14,16-17,19H,3-4,9-10,12-13H2,1H3/t16-,17+. The average molecular weight is 568 g/mol. The quantitative estimate of drug-likeness (QED) is 0.465. The molecule has 0 unspecified atom stereocenters. The zero-order valence-corrected chi connectivity index (χ0v) is 22.0. The van der Waals surface area contributed by atoms with Crippen LogP contribution in [0.4, 0.5) is 19.0 Å². The first-order valence-electron chi connectivity index (χ1n) is 12.3. The van der Waals surface area contributed by atoms with Gasteiger partial charge in [0.1, 0.15) is 18.0 Å². The Kier molecular flexibility index (Phi) is 5.93. The number of nitrogens with zero attached hydrogens (tertiary/aromatic N) is 5. The third-order valence-corrected chi connectivity index (χ3v) is 10.1. The Hall–Kier alpha value is -2.83. The Labute approximate surface area is 222 Å². The summed E-state index contributed by atoms with van der Waals surface area (Å²) in [5.74, 6) is -3.03. The van der Waals surface area contributed by atoms with Crippen molar-refractivity contribution in [1.29, 1.82) is 0 Å². The molecule has 1 saturated carbocycles. The van der Waals surface area contributed by atoms with Gasteiger partial charge in [0, 0.05) is 51.1 Å². The maximum Gasteiger partial charge on any atom is 0.255 e. The van der Waals surface area contributed by atoms with Gasteiger partial charge in [-0.05, 0) is 43.2 Å². The molecule has 0 spiro atoms. The normalized spacial score (nSPS) is 23.3. The first-order chi connectivity index (χ1) is 17.9. The summed E-state index contributed by atoms with van der Waals surface area (Å²) in [6, 6.07) is 5.81. The summed E-state index contributed by atoms with van der Waals surface area (Å²) in [5, 5.41) is 0.0520. The van der Waals surface area contributed by atoms with E-state index in [1.54, 1.807) is 27.9 Å². The van der Waals surface area contributed by atoms with E-state index in [0.717, 1.165) is 23.2 Å². The summed E-state index contributed by atoms with van der Waals surface area (Å²) in [7, 11) is -2.70. The van der Waals surface area contributed by atoms with Crippen molar-refractivity contribution in [3.05, 3.63) is 59.3 Å². The molecule has 1 amide bonds. The molecule has 2 aromatic heterocycles. The highest BCUT2D eigenvalue weighted by Gasteiger charge is 2.50. The number of aromatic nitrogens is 2. The molecular weight excluding hydrogens is 543 g/mol. The van der Waals surface area contributed by atoms with Crippen molar-refractivity contribution in [2.24, 2.45) is 0 Å². The van der Waals surface area contributed by atoms with Crippen molar-refractivity contribution in [1.82, 2.24) is 18.6 Å². The number of carbonyl (C=O) groups is 1. The van der Waals surface area contributed by atoms with Gasteiger partial charge in [0.25, 0.3) is 11.8 Å². The number of carbonyl (C=O) groups excluding carboxylic acids is 1. The number of alkyl halides is 2. The van der Waals surface area contributed by atoms with Crippen LogP contribution in [-0.4, -0.2) is 77.1 Å². The summed E-state index contributed by atoms with van der Waals surface area (Å²) in [6.07, 6.45) is 3.74. The molecule has 13 heteroatoms. The third-order valence-electron chi connectivity index (χ3n) is 7.93. The van der Waals surface area contributed by atoms with E-state index in [2.05, 4.69) is 9.88 Å². The number of benzene rings is 1. The summed E-state index contributed by atoms with van der Waals surface area (Å²) in [4.78, 5) is 21.2. The van der Waals surface area contributed by atoms with Crippen LogP contribution >= 0.6 is 11.6 Å². The highest BCUT2D eigenvalue weighted by atomic mass is 35.5. The van der Waals surface area contributed by atoms with E-state index in [1.165, 1.54) is 25.2 Å². The number of rotatable bonds is 5. The largest absolute Gasteiger partial charge is 0.348 e. The molecule has 3 aromatic rings. The van der Waals surface area contributed by atoms with Crippen LogP contribution in [-0.2, 0) is 10.0 Å². The van der Waals surface area contributed by atoms with Crippen LogP contribution in [0.3, 0.4) is 0 Å². The molecule has 4 heterocycles. The number of imidazole rings is 1. The Morgan fingerprint density at radius 1 is 1.13 bits per heavy atom. The van der Waals surface area contributed by atoms with Gasteiger partial charge in [0.05, 0.1) is 27.2 Å². The number of sulfonamides is 1. The summed E-state index contributed by atoms with van der Waals surface area (Å²) in [6.45, 7) is 0.764. The van der Waals surface area contributed by atoms with Crippen molar-refractivity contribution in [2.45, 2.75) is 54.6 Å². The molecule has 2 aliphatic heterocycles. The lowest BCUT2D eigenvalue weighted by Gasteiger charge is -2.43. The van der Waals surface area contributed by atoms with Gasteiger partial charge >= 0.3 is 0 Å². The number of hydrogen-bond donors (Lipinski definition) is 0. The zero-order valence-electron chi connectivity index (χ0n) is 20.4. The van der Waals surface area contributed by atoms with Gasteiger partial charge in [-0.1, -0.05) is 11.6 Å². The Bertz CT molecular complexity index is 1530. The second kappa shape index (κ2) is 8.85. The van der Waals surface area contributed by atoms with Gasteiger partial charge in [-0.15, -0.1) is 0 Å². The highest BCUT2D eigenvalue weighted by Crippen LogP contribution is 2.42. The molecule has 3 fully saturated rings. The zero-order chi connectivity index (χ0) is 27.0. The van der Waals surface area contributed by atoms with E-state index in [1.807, 2.05) is 0 Å². The molecule has 2 atom stereocenters. The van der Waals surface area contributed by atoms with Gasteiger partial charge < -0.3 is 9.80 Å². The van der Waals surface area contributed by atoms with Crippen LogP contribution < -0.4 is 4.90 Å². The Balaban J connectivity index is 1.31. The van der Waals surface area contributed by atoms with Crippen LogP contribution in [0, 0.1) is 5.82 Å². The number of amides is 1. The molecule has 3 aliphatic rings. The van der Waals surface area contributed by atoms with Gasteiger partial charge in [0.2, 0.25) is 10.0 Å². The first kappa shape index (κ1) is 25.4. The van der Waals surface area contributed by atoms with E-state index in [-0.39, 0.29) is 33.5 Å². The summed E-state index contributed by atoms with van der Waals surface area (Å²) >= 11 is 6.14. The maximum atomic E-state index is 13.5. The Morgan fingerprint density at radius 3 is 2.45 bits per heavy atom. The van der Waals surface area contributed by atoms with Crippen LogP contribution in [0.5, 0.6) is 0 Å². The summed E-state index contributed by atoms with van der Waals surface area (Å²) in [5.41, 5.74) is 0.792. The van der Waals surface area contributed by atoms with Crippen molar-refractivity contribution in [3.8, 4) is 0 Å². The molecule has 38 heavy (non-hydrogen) atoms. The predicted octanol–water partition coefficient (Wildman–Crippen LogP) is 4.04. The van der Waals surface area contributed by atoms with Crippen molar-refractivity contribution >= 4 is 38.9 Å². The van der Waals surface area contributed by atoms with Crippen LogP contribution in [0.1, 0.15) is 36.0 Å². The smallest absolute Gasteiger partial charge is 0.255 e. The second-order valence-electron chi connectivity index (χ2n) is 10.3. The van der Waals surface area contributed by atoms with Crippen molar-refractivity contribution in [3.63, 3.8) is 0 Å². The topological polar surface area (TPSA) is 78.2 Å². The summed E-state index contributed by atoms with van der Waals surface area (Å²) < 4.78 is 70.1. The van der Waals surface area contributed by atoms with Gasteiger partial charge in [-0.3, -0.25) is 9.20 Å². The van der Waals surface area contributed by atoms with E-state index in [0.29, 0.717) is 24.4 Å². The minimum absolute atomic E-state index is 0.00853. The van der Waals surface area contributed by atoms with Crippen LogP contribution in [0.2, 0.25) is 5.02 Å².